The van der Waals surface area contributed by atoms with Crippen molar-refractivity contribution in [3.63, 3.8) is 0 Å². The van der Waals surface area contributed by atoms with Crippen LogP contribution in [-0.4, -0.2) is 18.2 Å². The average molecular weight is 247 g/mol. The van der Waals surface area contributed by atoms with Crippen LogP contribution in [0.2, 0.25) is 0 Å². The number of nitrogens with one attached hydrogen (secondary N) is 2. The number of rotatable bonds is 1. The molecule has 0 radical (unpaired) electrons. The molecule has 0 bridgehead atoms. The van der Waals surface area contributed by atoms with Crippen molar-refractivity contribution in [1.82, 2.24) is 10.6 Å². The summed E-state index contributed by atoms with van der Waals surface area (Å²) in [5, 5.41) is 2.13. The quantitative estimate of drug-likeness (QED) is 0.515. The molecule has 0 atom stereocenters. The van der Waals surface area contributed by atoms with E-state index >= 15 is 0 Å². The Hall–Kier alpha value is -2.25. The molecule has 0 aliphatic heterocycles. The van der Waals surface area contributed by atoms with Crippen LogP contribution >= 0.6 is 0 Å². The largest absolute Gasteiger partial charge is 0.485 e. The third-order valence-corrected chi connectivity index (χ3v) is 1.69. The molecule has 0 aliphatic carbocycles. The first-order chi connectivity index (χ1) is 7.79. The van der Waals surface area contributed by atoms with E-state index in [2.05, 4.69) is 0 Å². The number of nitrogen functional groups attached to an aromatic ring is 1. The van der Waals surface area contributed by atoms with Crippen LogP contribution in [0.15, 0.2) is 24.3 Å². The minimum Gasteiger partial charge on any atom is -0.398 e. The Morgan fingerprint density at radius 2 is 1.76 bits per heavy atom. The van der Waals surface area contributed by atoms with Crippen molar-refractivity contribution in [3.05, 3.63) is 29.8 Å². The van der Waals surface area contributed by atoms with E-state index in [0.717, 1.165) is 0 Å². The maximum Gasteiger partial charge on any atom is 0.485 e. The van der Waals surface area contributed by atoms with Gasteiger partial charge in [0.15, 0.2) is 0 Å². The summed E-state index contributed by atoms with van der Waals surface area (Å²) in [7, 11) is 0. The minimum atomic E-state index is -4.90. The van der Waals surface area contributed by atoms with Gasteiger partial charge in [0, 0.05) is 5.69 Å². The third kappa shape index (κ3) is 4.01. The summed E-state index contributed by atoms with van der Waals surface area (Å²) < 4.78 is 35.2. The van der Waals surface area contributed by atoms with Crippen LogP contribution in [0.5, 0.6) is 0 Å². The summed E-state index contributed by atoms with van der Waals surface area (Å²) in [6, 6.07) is 4.02. The molecular formula is C9H8F3N3O2. The summed E-state index contributed by atoms with van der Waals surface area (Å²) in [5.41, 5.74) is 5.39. The van der Waals surface area contributed by atoms with Crippen LogP contribution in [0.25, 0.3) is 0 Å². The van der Waals surface area contributed by atoms with Gasteiger partial charge in [0.2, 0.25) is 0 Å². The third-order valence-electron chi connectivity index (χ3n) is 1.69. The lowest BCUT2D eigenvalue weighted by Gasteiger charge is -2.09. The van der Waals surface area contributed by atoms with Crippen LogP contribution in [0.3, 0.4) is 0 Å². The molecule has 1 aromatic rings. The fraction of sp³-hybridized carbons (Fsp3) is 0.111. The van der Waals surface area contributed by atoms with Gasteiger partial charge in [-0.2, -0.15) is 13.2 Å². The number of nitrogens with two attached hydrogens (primary N) is 1. The number of benzene rings is 1. The van der Waals surface area contributed by atoms with E-state index in [1.54, 1.807) is 6.07 Å². The number of imide groups is 1. The van der Waals surface area contributed by atoms with Gasteiger partial charge >= 0.3 is 12.3 Å². The number of amides is 3. The lowest BCUT2D eigenvalue weighted by atomic mass is 10.2. The smallest absolute Gasteiger partial charge is 0.398 e. The molecule has 3 amide bonds. The van der Waals surface area contributed by atoms with Crippen molar-refractivity contribution in [2.45, 2.75) is 6.30 Å². The van der Waals surface area contributed by atoms with Gasteiger partial charge in [-0.25, -0.2) is 10.1 Å². The Morgan fingerprint density at radius 1 is 1.18 bits per heavy atom. The van der Waals surface area contributed by atoms with E-state index < -0.39 is 18.2 Å². The molecule has 5 nitrogen and oxygen atoms in total. The van der Waals surface area contributed by atoms with E-state index in [9.17, 15) is 22.8 Å². The molecule has 92 valence electrons. The second-order valence-corrected chi connectivity index (χ2v) is 2.99. The Morgan fingerprint density at radius 3 is 2.29 bits per heavy atom. The normalized spacial score (nSPS) is 10.8. The molecule has 0 saturated heterocycles. The van der Waals surface area contributed by atoms with Crippen LogP contribution in [0.1, 0.15) is 10.4 Å². The SMILES string of the molecule is Nc1ccccc1C(=O)NC(=O)NC(F)(F)F. The number of hydrogen-bond donors (Lipinski definition) is 3. The molecule has 0 aromatic heterocycles. The Labute approximate surface area is 93.8 Å². The lowest BCUT2D eigenvalue weighted by molar-refractivity contribution is -0.145. The zero-order valence-corrected chi connectivity index (χ0v) is 8.34. The molecule has 0 saturated carbocycles. The Kier molecular flexibility index (Phi) is 3.56. The van der Waals surface area contributed by atoms with Crippen molar-refractivity contribution in [1.29, 1.82) is 0 Å². The second-order valence-electron chi connectivity index (χ2n) is 2.99. The fourth-order valence-electron chi connectivity index (χ4n) is 1.03. The van der Waals surface area contributed by atoms with Crippen LogP contribution < -0.4 is 16.4 Å². The molecule has 0 heterocycles. The minimum absolute atomic E-state index is 0.0600. The molecule has 4 N–H and O–H groups in total. The van der Waals surface area contributed by atoms with Gasteiger partial charge in [0.05, 0.1) is 5.56 Å². The molecule has 1 aromatic carbocycles. The topological polar surface area (TPSA) is 84.2 Å². The molecule has 0 unspecified atom stereocenters. The van der Waals surface area contributed by atoms with Gasteiger partial charge in [-0.1, -0.05) is 12.1 Å². The summed E-state index contributed by atoms with van der Waals surface area (Å²) >= 11 is 0. The van der Waals surface area contributed by atoms with Crippen molar-refractivity contribution in [2.75, 3.05) is 5.73 Å². The first-order valence-electron chi connectivity index (χ1n) is 4.34. The zero-order valence-electron chi connectivity index (χ0n) is 8.34. The van der Waals surface area contributed by atoms with Crippen LogP contribution in [0.4, 0.5) is 23.7 Å². The summed E-state index contributed by atoms with van der Waals surface area (Å²) in [6.07, 6.45) is -4.90. The number of urea groups is 1. The standard InChI is InChI=1S/C9H8F3N3O2/c10-9(11,12)15-8(17)14-7(16)5-3-1-2-4-6(5)13/h1-4H,13H2,(H2,14,15,16,17). The van der Waals surface area contributed by atoms with Gasteiger partial charge in [0.25, 0.3) is 5.91 Å². The molecule has 17 heavy (non-hydrogen) atoms. The van der Waals surface area contributed by atoms with Gasteiger partial charge < -0.3 is 5.73 Å². The van der Waals surface area contributed by atoms with Crippen molar-refractivity contribution >= 4 is 17.6 Å². The van der Waals surface area contributed by atoms with E-state index in [1.807, 2.05) is 0 Å². The highest BCUT2D eigenvalue weighted by Gasteiger charge is 2.30. The highest BCUT2D eigenvalue weighted by Crippen LogP contribution is 2.11. The number of halogens is 3. The molecule has 0 fully saturated rings. The van der Waals surface area contributed by atoms with E-state index in [1.165, 1.54) is 23.5 Å². The predicted molar refractivity (Wildman–Crippen MR) is 52.9 cm³/mol. The van der Waals surface area contributed by atoms with E-state index in [-0.39, 0.29) is 11.3 Å². The molecule has 0 spiro atoms. The van der Waals surface area contributed by atoms with E-state index in [4.69, 9.17) is 5.73 Å². The van der Waals surface area contributed by atoms with Crippen molar-refractivity contribution in [2.24, 2.45) is 0 Å². The maximum atomic E-state index is 11.7. The fourth-order valence-corrected chi connectivity index (χ4v) is 1.03. The highest BCUT2D eigenvalue weighted by atomic mass is 19.4. The maximum absolute atomic E-state index is 11.7. The summed E-state index contributed by atoms with van der Waals surface area (Å²) in [4.78, 5) is 22.1. The van der Waals surface area contributed by atoms with Gasteiger partial charge in [0.1, 0.15) is 0 Å². The molecular weight excluding hydrogens is 239 g/mol. The number of para-hydroxylation sites is 1. The van der Waals surface area contributed by atoms with Crippen LogP contribution in [-0.2, 0) is 0 Å². The van der Waals surface area contributed by atoms with Gasteiger partial charge in [-0.15, -0.1) is 0 Å². The molecule has 1 rings (SSSR count). The number of hydrogen-bond acceptors (Lipinski definition) is 3. The first-order valence-corrected chi connectivity index (χ1v) is 4.34. The van der Waals surface area contributed by atoms with Crippen molar-refractivity contribution < 1.29 is 22.8 Å². The van der Waals surface area contributed by atoms with Crippen LogP contribution in [0, 0.1) is 0 Å². The lowest BCUT2D eigenvalue weighted by Crippen LogP contribution is -2.46. The predicted octanol–water partition coefficient (Wildman–Crippen LogP) is 1.23. The van der Waals surface area contributed by atoms with E-state index in [0.29, 0.717) is 5.32 Å². The molecule has 0 aliphatic rings. The number of carbonyl (C=O) groups is 2. The first kappa shape index (κ1) is 12.8. The number of anilines is 1. The monoisotopic (exact) mass is 247 g/mol. The number of alkyl halides is 3. The molecule has 8 heteroatoms. The number of carbonyl (C=O) groups excluding carboxylic acids is 2. The Bertz CT molecular complexity index is 445. The second kappa shape index (κ2) is 4.73. The zero-order chi connectivity index (χ0) is 13.1. The van der Waals surface area contributed by atoms with Gasteiger partial charge in [-0.3, -0.25) is 10.1 Å². The average Bonchev–Trinajstić information content (AvgIpc) is 2.14. The highest BCUT2D eigenvalue weighted by molar-refractivity contribution is 6.07. The Balaban J connectivity index is 2.68. The van der Waals surface area contributed by atoms with Crippen molar-refractivity contribution in [3.8, 4) is 0 Å². The summed E-state index contributed by atoms with van der Waals surface area (Å²) in [6.45, 7) is 0. The van der Waals surface area contributed by atoms with Gasteiger partial charge in [-0.05, 0) is 12.1 Å². The summed E-state index contributed by atoms with van der Waals surface area (Å²) in [5.74, 6) is -1.01.